The van der Waals surface area contributed by atoms with Crippen LogP contribution in [0.2, 0.25) is 0 Å². The molecule has 0 unspecified atom stereocenters. The van der Waals surface area contributed by atoms with Gasteiger partial charge in [-0.3, -0.25) is 0 Å². The normalized spacial score (nSPS) is 10.7. The minimum absolute atomic E-state index is 0.798. The van der Waals surface area contributed by atoms with E-state index in [2.05, 4.69) is 43.3 Å². The number of benzene rings is 1. The third kappa shape index (κ3) is 2.33. The van der Waals surface area contributed by atoms with Gasteiger partial charge in [-0.1, -0.05) is 28.1 Å². The summed E-state index contributed by atoms with van der Waals surface area (Å²) < 4.78 is 1.08. The van der Waals surface area contributed by atoms with E-state index in [4.69, 9.17) is 0 Å². The Bertz CT molecular complexity index is 474. The van der Waals surface area contributed by atoms with Crippen molar-refractivity contribution in [1.29, 1.82) is 0 Å². The number of hydrogen-bond donors (Lipinski definition) is 2. The lowest BCUT2D eigenvalue weighted by atomic mass is 10.1. The number of halogens is 1. The highest BCUT2D eigenvalue weighted by molar-refractivity contribution is 9.10. The molecule has 0 aliphatic heterocycles. The van der Waals surface area contributed by atoms with Gasteiger partial charge in [-0.2, -0.15) is 0 Å². The maximum absolute atomic E-state index is 4.52. The standard InChI is InChI=1S/C12H14BrN3/c1-8-15-11(7-14-2)12(16-8)9-3-5-10(13)6-4-9/h3-6,14H,7H2,1-2H3,(H,15,16). The molecular weight excluding hydrogens is 266 g/mol. The lowest BCUT2D eigenvalue weighted by Gasteiger charge is -2.02. The number of aryl methyl sites for hydroxylation is 1. The van der Waals surface area contributed by atoms with Crippen molar-refractivity contribution in [1.82, 2.24) is 15.3 Å². The average Bonchev–Trinajstić information content (AvgIpc) is 2.61. The molecule has 1 aromatic heterocycles. The third-order valence-corrected chi connectivity index (χ3v) is 2.90. The molecule has 0 fully saturated rings. The van der Waals surface area contributed by atoms with Gasteiger partial charge in [-0.15, -0.1) is 0 Å². The van der Waals surface area contributed by atoms with Gasteiger partial charge in [-0.25, -0.2) is 4.98 Å². The zero-order chi connectivity index (χ0) is 11.5. The molecule has 0 bridgehead atoms. The van der Waals surface area contributed by atoms with Crippen LogP contribution in [0.25, 0.3) is 11.3 Å². The number of hydrogen-bond acceptors (Lipinski definition) is 2. The molecule has 0 saturated carbocycles. The third-order valence-electron chi connectivity index (χ3n) is 2.37. The first kappa shape index (κ1) is 11.4. The Morgan fingerprint density at radius 1 is 1.31 bits per heavy atom. The van der Waals surface area contributed by atoms with Gasteiger partial charge in [0.15, 0.2) is 0 Å². The smallest absolute Gasteiger partial charge is 0.103 e. The van der Waals surface area contributed by atoms with Crippen LogP contribution in [0.3, 0.4) is 0 Å². The highest BCUT2D eigenvalue weighted by atomic mass is 79.9. The number of H-pyrrole nitrogens is 1. The first-order chi connectivity index (χ1) is 7.70. The summed E-state index contributed by atoms with van der Waals surface area (Å²) in [7, 11) is 1.93. The fraction of sp³-hybridized carbons (Fsp3) is 0.250. The molecule has 0 atom stereocenters. The van der Waals surface area contributed by atoms with Gasteiger partial charge in [0, 0.05) is 16.6 Å². The number of nitrogens with zero attached hydrogens (tertiary/aromatic N) is 1. The summed E-state index contributed by atoms with van der Waals surface area (Å²) in [6, 6.07) is 8.20. The van der Waals surface area contributed by atoms with E-state index in [0.717, 1.165) is 33.8 Å². The van der Waals surface area contributed by atoms with Gasteiger partial charge < -0.3 is 10.3 Å². The molecule has 1 aromatic carbocycles. The zero-order valence-corrected chi connectivity index (χ0v) is 10.9. The molecule has 0 aliphatic rings. The van der Waals surface area contributed by atoms with Crippen LogP contribution in [0.15, 0.2) is 28.7 Å². The Balaban J connectivity index is 2.42. The molecule has 0 saturated heterocycles. The minimum atomic E-state index is 0.798. The zero-order valence-electron chi connectivity index (χ0n) is 9.34. The van der Waals surface area contributed by atoms with E-state index in [1.54, 1.807) is 0 Å². The predicted octanol–water partition coefficient (Wildman–Crippen LogP) is 2.87. The highest BCUT2D eigenvalue weighted by Gasteiger charge is 2.09. The van der Waals surface area contributed by atoms with E-state index in [-0.39, 0.29) is 0 Å². The monoisotopic (exact) mass is 279 g/mol. The second kappa shape index (κ2) is 4.80. The Morgan fingerprint density at radius 3 is 2.62 bits per heavy atom. The molecule has 0 radical (unpaired) electrons. The lowest BCUT2D eigenvalue weighted by Crippen LogP contribution is -2.06. The van der Waals surface area contributed by atoms with Gasteiger partial charge in [0.2, 0.25) is 0 Å². The van der Waals surface area contributed by atoms with Crippen LogP contribution < -0.4 is 5.32 Å². The van der Waals surface area contributed by atoms with Gasteiger partial charge in [-0.05, 0) is 26.1 Å². The number of imidazole rings is 1. The van der Waals surface area contributed by atoms with Crippen molar-refractivity contribution in [3.8, 4) is 11.3 Å². The molecule has 2 rings (SSSR count). The summed E-state index contributed by atoms with van der Waals surface area (Å²) in [6.45, 7) is 2.77. The molecule has 2 aromatic rings. The lowest BCUT2D eigenvalue weighted by molar-refractivity contribution is 0.796. The second-order valence-electron chi connectivity index (χ2n) is 3.69. The van der Waals surface area contributed by atoms with E-state index >= 15 is 0 Å². The fourth-order valence-electron chi connectivity index (χ4n) is 1.69. The van der Waals surface area contributed by atoms with Crippen molar-refractivity contribution in [3.05, 3.63) is 40.3 Å². The van der Waals surface area contributed by atoms with Crippen molar-refractivity contribution in [2.75, 3.05) is 7.05 Å². The van der Waals surface area contributed by atoms with E-state index in [1.807, 2.05) is 26.1 Å². The fourth-order valence-corrected chi connectivity index (χ4v) is 1.96. The Morgan fingerprint density at radius 2 is 2.00 bits per heavy atom. The number of rotatable bonds is 3. The molecule has 0 spiro atoms. The summed E-state index contributed by atoms with van der Waals surface area (Å²) in [6.07, 6.45) is 0. The van der Waals surface area contributed by atoms with Crippen molar-refractivity contribution in [3.63, 3.8) is 0 Å². The number of aromatic nitrogens is 2. The summed E-state index contributed by atoms with van der Waals surface area (Å²) in [5, 5.41) is 3.14. The average molecular weight is 280 g/mol. The van der Waals surface area contributed by atoms with Gasteiger partial charge in [0.1, 0.15) is 5.82 Å². The van der Waals surface area contributed by atoms with Crippen LogP contribution in [0.1, 0.15) is 11.5 Å². The largest absolute Gasteiger partial charge is 0.345 e. The first-order valence-corrected chi connectivity index (χ1v) is 5.96. The summed E-state index contributed by atoms with van der Waals surface area (Å²) >= 11 is 3.43. The summed E-state index contributed by atoms with van der Waals surface area (Å²) in [5.74, 6) is 0.947. The number of nitrogens with one attached hydrogen (secondary N) is 2. The van der Waals surface area contributed by atoms with Gasteiger partial charge >= 0.3 is 0 Å². The van der Waals surface area contributed by atoms with Crippen LogP contribution in [0, 0.1) is 6.92 Å². The highest BCUT2D eigenvalue weighted by Crippen LogP contribution is 2.23. The molecule has 84 valence electrons. The molecule has 0 aliphatic carbocycles. The molecule has 1 heterocycles. The second-order valence-corrected chi connectivity index (χ2v) is 4.60. The number of aromatic amines is 1. The topological polar surface area (TPSA) is 40.7 Å². The maximum atomic E-state index is 4.52. The molecule has 16 heavy (non-hydrogen) atoms. The minimum Gasteiger partial charge on any atom is -0.345 e. The molecule has 2 N–H and O–H groups in total. The van der Waals surface area contributed by atoms with Crippen LogP contribution in [0.5, 0.6) is 0 Å². The van der Waals surface area contributed by atoms with Crippen LogP contribution in [-0.2, 0) is 6.54 Å². The SMILES string of the molecule is CNCc1[nH]c(C)nc1-c1ccc(Br)cc1. The summed E-state index contributed by atoms with van der Waals surface area (Å²) in [4.78, 5) is 7.79. The Kier molecular flexibility index (Phi) is 3.41. The molecule has 0 amide bonds. The van der Waals surface area contributed by atoms with E-state index < -0.39 is 0 Å². The maximum Gasteiger partial charge on any atom is 0.103 e. The van der Waals surface area contributed by atoms with Crippen molar-refractivity contribution in [2.24, 2.45) is 0 Å². The Labute approximate surface area is 103 Å². The molecular formula is C12H14BrN3. The van der Waals surface area contributed by atoms with Gasteiger partial charge in [0.05, 0.1) is 11.4 Å². The van der Waals surface area contributed by atoms with Gasteiger partial charge in [0.25, 0.3) is 0 Å². The first-order valence-electron chi connectivity index (χ1n) is 5.16. The van der Waals surface area contributed by atoms with Crippen molar-refractivity contribution >= 4 is 15.9 Å². The quantitative estimate of drug-likeness (QED) is 0.907. The van der Waals surface area contributed by atoms with Crippen molar-refractivity contribution < 1.29 is 0 Å². The van der Waals surface area contributed by atoms with E-state index in [9.17, 15) is 0 Å². The van der Waals surface area contributed by atoms with E-state index in [0.29, 0.717) is 0 Å². The van der Waals surface area contributed by atoms with E-state index in [1.165, 1.54) is 0 Å². The predicted molar refractivity (Wildman–Crippen MR) is 69.2 cm³/mol. The van der Waals surface area contributed by atoms with Crippen LogP contribution in [0.4, 0.5) is 0 Å². The van der Waals surface area contributed by atoms with Crippen LogP contribution in [-0.4, -0.2) is 17.0 Å². The Hall–Kier alpha value is -1.13. The molecule has 3 nitrogen and oxygen atoms in total. The van der Waals surface area contributed by atoms with Crippen molar-refractivity contribution in [2.45, 2.75) is 13.5 Å². The molecule has 4 heteroatoms. The van der Waals surface area contributed by atoms with Crippen LogP contribution >= 0.6 is 15.9 Å². The summed E-state index contributed by atoms with van der Waals surface area (Å²) in [5.41, 5.74) is 3.29.